The van der Waals surface area contributed by atoms with Crippen molar-refractivity contribution in [2.24, 2.45) is 23.7 Å². The van der Waals surface area contributed by atoms with Crippen LogP contribution in [-0.2, 0) is 0 Å². The molecule has 102 valence electrons. The zero-order chi connectivity index (χ0) is 12.8. The third-order valence-electron chi connectivity index (χ3n) is 5.53. The first-order valence-corrected chi connectivity index (χ1v) is 8.20. The van der Waals surface area contributed by atoms with E-state index in [2.05, 4.69) is 13.0 Å². The molecule has 2 aliphatic carbocycles. The normalized spacial score (nSPS) is 37.1. The van der Waals surface area contributed by atoms with Crippen molar-refractivity contribution in [2.45, 2.75) is 77.6 Å². The van der Waals surface area contributed by atoms with E-state index in [0.29, 0.717) is 0 Å². The third kappa shape index (κ3) is 3.74. The van der Waals surface area contributed by atoms with Crippen molar-refractivity contribution in [2.75, 3.05) is 0 Å². The Kier molecular flexibility index (Phi) is 5.54. The van der Waals surface area contributed by atoms with Crippen molar-refractivity contribution in [1.29, 1.82) is 5.26 Å². The standard InChI is InChI=1S/C17H29N/c1-2-3-14-4-8-16(9-5-14)17-10-6-15(7-11-17)12-13-18/h14-17H,2-12H2,1H3. The zero-order valence-corrected chi connectivity index (χ0v) is 12.0. The highest BCUT2D eigenvalue weighted by Gasteiger charge is 2.30. The lowest BCUT2D eigenvalue weighted by atomic mass is 9.68. The summed E-state index contributed by atoms with van der Waals surface area (Å²) in [6.45, 7) is 2.32. The van der Waals surface area contributed by atoms with Crippen LogP contribution in [0.25, 0.3) is 0 Å². The average molecular weight is 247 g/mol. The number of nitriles is 1. The molecule has 0 aromatic carbocycles. The maximum absolute atomic E-state index is 8.76. The summed E-state index contributed by atoms with van der Waals surface area (Å²) in [6, 6.07) is 2.35. The summed E-state index contributed by atoms with van der Waals surface area (Å²) in [6.07, 6.45) is 15.1. The van der Waals surface area contributed by atoms with E-state index < -0.39 is 0 Å². The molecule has 18 heavy (non-hydrogen) atoms. The van der Waals surface area contributed by atoms with Gasteiger partial charge in [-0.1, -0.05) is 32.6 Å². The van der Waals surface area contributed by atoms with Gasteiger partial charge < -0.3 is 0 Å². The highest BCUT2D eigenvalue weighted by Crippen LogP contribution is 2.42. The van der Waals surface area contributed by atoms with Gasteiger partial charge in [-0.3, -0.25) is 0 Å². The lowest BCUT2D eigenvalue weighted by Crippen LogP contribution is -2.25. The van der Waals surface area contributed by atoms with Crippen LogP contribution in [0.2, 0.25) is 0 Å². The van der Waals surface area contributed by atoms with Crippen LogP contribution in [0.1, 0.15) is 77.6 Å². The maximum atomic E-state index is 8.76. The Morgan fingerprint density at radius 2 is 1.33 bits per heavy atom. The summed E-state index contributed by atoms with van der Waals surface area (Å²) in [5.41, 5.74) is 0. The molecule has 0 unspecified atom stereocenters. The summed E-state index contributed by atoms with van der Waals surface area (Å²) in [5.74, 6) is 3.80. The largest absolute Gasteiger partial charge is 0.198 e. The van der Waals surface area contributed by atoms with E-state index in [9.17, 15) is 0 Å². The van der Waals surface area contributed by atoms with Crippen molar-refractivity contribution in [3.05, 3.63) is 0 Å². The fourth-order valence-corrected chi connectivity index (χ4v) is 4.35. The molecule has 0 spiro atoms. The van der Waals surface area contributed by atoms with Crippen molar-refractivity contribution < 1.29 is 0 Å². The Morgan fingerprint density at radius 3 is 1.78 bits per heavy atom. The van der Waals surface area contributed by atoms with Crippen LogP contribution in [0, 0.1) is 35.0 Å². The van der Waals surface area contributed by atoms with Gasteiger partial charge in [0.25, 0.3) is 0 Å². The molecule has 0 saturated heterocycles. The molecule has 0 aromatic heterocycles. The fraction of sp³-hybridized carbons (Fsp3) is 0.941. The Hall–Kier alpha value is -0.510. The first kappa shape index (κ1) is 13.9. The van der Waals surface area contributed by atoms with Gasteiger partial charge in [0.15, 0.2) is 0 Å². The molecule has 0 amide bonds. The highest BCUT2D eigenvalue weighted by molar-refractivity contribution is 4.85. The van der Waals surface area contributed by atoms with E-state index >= 15 is 0 Å². The van der Waals surface area contributed by atoms with Gasteiger partial charge in [-0.15, -0.1) is 0 Å². The van der Waals surface area contributed by atoms with E-state index in [1.54, 1.807) is 0 Å². The molecular formula is C17H29N. The molecule has 2 aliphatic rings. The van der Waals surface area contributed by atoms with Gasteiger partial charge in [0.05, 0.1) is 6.07 Å². The highest BCUT2D eigenvalue weighted by atomic mass is 14.4. The summed E-state index contributed by atoms with van der Waals surface area (Å²) in [5, 5.41) is 8.76. The predicted molar refractivity (Wildman–Crippen MR) is 76.0 cm³/mol. The third-order valence-corrected chi connectivity index (χ3v) is 5.53. The molecule has 2 fully saturated rings. The number of hydrogen-bond donors (Lipinski definition) is 0. The maximum Gasteiger partial charge on any atom is 0.0624 e. The summed E-state index contributed by atoms with van der Waals surface area (Å²) < 4.78 is 0. The Bertz CT molecular complexity index is 262. The Balaban J connectivity index is 1.70. The quantitative estimate of drug-likeness (QED) is 0.660. The van der Waals surface area contributed by atoms with E-state index in [1.165, 1.54) is 64.2 Å². The van der Waals surface area contributed by atoms with Crippen LogP contribution in [-0.4, -0.2) is 0 Å². The molecule has 0 bridgehead atoms. The van der Waals surface area contributed by atoms with Gasteiger partial charge in [-0.2, -0.15) is 5.26 Å². The first-order valence-electron chi connectivity index (χ1n) is 8.20. The van der Waals surface area contributed by atoms with Crippen LogP contribution in [0.15, 0.2) is 0 Å². The smallest absolute Gasteiger partial charge is 0.0624 e. The molecule has 2 rings (SSSR count). The molecule has 0 atom stereocenters. The number of hydrogen-bond acceptors (Lipinski definition) is 1. The lowest BCUT2D eigenvalue weighted by molar-refractivity contribution is 0.144. The van der Waals surface area contributed by atoms with Gasteiger partial charge in [0.2, 0.25) is 0 Å². The Labute approximate surface area is 113 Å². The van der Waals surface area contributed by atoms with Crippen LogP contribution in [0.3, 0.4) is 0 Å². The number of nitrogens with zero attached hydrogens (tertiary/aromatic N) is 1. The van der Waals surface area contributed by atoms with Gasteiger partial charge in [-0.25, -0.2) is 0 Å². The minimum absolute atomic E-state index is 0.725. The van der Waals surface area contributed by atoms with Gasteiger partial charge in [0, 0.05) is 6.42 Å². The second-order valence-corrected chi connectivity index (χ2v) is 6.71. The van der Waals surface area contributed by atoms with Gasteiger partial charge >= 0.3 is 0 Å². The van der Waals surface area contributed by atoms with Crippen molar-refractivity contribution in [3.63, 3.8) is 0 Å². The lowest BCUT2D eigenvalue weighted by Gasteiger charge is -2.37. The van der Waals surface area contributed by atoms with E-state index in [1.807, 2.05) is 0 Å². The van der Waals surface area contributed by atoms with Crippen molar-refractivity contribution in [3.8, 4) is 6.07 Å². The van der Waals surface area contributed by atoms with Crippen LogP contribution >= 0.6 is 0 Å². The summed E-state index contributed by atoms with van der Waals surface area (Å²) in [7, 11) is 0. The Morgan fingerprint density at radius 1 is 0.833 bits per heavy atom. The van der Waals surface area contributed by atoms with Crippen molar-refractivity contribution in [1.82, 2.24) is 0 Å². The first-order chi connectivity index (χ1) is 8.83. The monoisotopic (exact) mass is 247 g/mol. The second kappa shape index (κ2) is 7.17. The van der Waals surface area contributed by atoms with Gasteiger partial charge in [0.1, 0.15) is 0 Å². The van der Waals surface area contributed by atoms with E-state index in [0.717, 1.165) is 30.1 Å². The van der Waals surface area contributed by atoms with Crippen molar-refractivity contribution >= 4 is 0 Å². The molecule has 1 nitrogen and oxygen atoms in total. The zero-order valence-electron chi connectivity index (χ0n) is 12.0. The predicted octanol–water partition coefficient (Wildman–Crippen LogP) is 5.31. The van der Waals surface area contributed by atoms with Crippen LogP contribution in [0.5, 0.6) is 0 Å². The summed E-state index contributed by atoms with van der Waals surface area (Å²) >= 11 is 0. The number of rotatable bonds is 4. The molecule has 1 heteroatoms. The van der Waals surface area contributed by atoms with Crippen LogP contribution in [0.4, 0.5) is 0 Å². The molecule has 0 radical (unpaired) electrons. The summed E-state index contributed by atoms with van der Waals surface area (Å²) in [4.78, 5) is 0. The minimum atomic E-state index is 0.725. The van der Waals surface area contributed by atoms with Gasteiger partial charge in [-0.05, 0) is 62.2 Å². The minimum Gasteiger partial charge on any atom is -0.198 e. The average Bonchev–Trinajstić information content (AvgIpc) is 2.41. The molecule has 0 aliphatic heterocycles. The molecular weight excluding hydrogens is 218 g/mol. The molecule has 0 N–H and O–H groups in total. The fourth-order valence-electron chi connectivity index (χ4n) is 4.35. The molecule has 0 aromatic rings. The van der Waals surface area contributed by atoms with E-state index in [-0.39, 0.29) is 0 Å². The molecule has 0 heterocycles. The molecule has 2 saturated carbocycles. The van der Waals surface area contributed by atoms with E-state index in [4.69, 9.17) is 5.26 Å². The topological polar surface area (TPSA) is 23.8 Å². The SMILES string of the molecule is CCCC1CCC(C2CCC(CC#N)CC2)CC1. The second-order valence-electron chi connectivity index (χ2n) is 6.71. The van der Waals surface area contributed by atoms with Crippen LogP contribution < -0.4 is 0 Å².